The van der Waals surface area contributed by atoms with E-state index in [1.807, 2.05) is 4.72 Å². The highest BCUT2D eigenvalue weighted by Crippen LogP contribution is 2.30. The van der Waals surface area contributed by atoms with Crippen LogP contribution in [0.4, 0.5) is 5.69 Å². The number of aliphatic hydroxyl groups excluding tert-OH is 1. The number of fused-ring (bicyclic) bond motifs is 1. The zero-order chi connectivity index (χ0) is 15.6. The van der Waals surface area contributed by atoms with Gasteiger partial charge in [-0.05, 0) is 18.2 Å². The van der Waals surface area contributed by atoms with E-state index in [2.05, 4.69) is 5.32 Å². The summed E-state index contributed by atoms with van der Waals surface area (Å²) in [6, 6.07) is 2.04. The van der Waals surface area contributed by atoms with E-state index in [9.17, 15) is 18.0 Å². The number of rotatable bonds is 5. The number of carboxylic acids is 1. The SMILES string of the molecule is O=C1COc2ccc(S(=O)(=O)NC(CO)C(=O)O)cc2N1. The van der Waals surface area contributed by atoms with E-state index in [0.717, 1.165) is 6.07 Å². The summed E-state index contributed by atoms with van der Waals surface area (Å²) >= 11 is 0. The molecule has 1 aliphatic heterocycles. The van der Waals surface area contributed by atoms with E-state index in [4.69, 9.17) is 14.9 Å². The maximum absolute atomic E-state index is 12.0. The summed E-state index contributed by atoms with van der Waals surface area (Å²) in [5, 5.41) is 20.0. The van der Waals surface area contributed by atoms with Crippen LogP contribution < -0.4 is 14.8 Å². The lowest BCUT2D eigenvalue weighted by Crippen LogP contribution is -2.43. The van der Waals surface area contributed by atoms with Crippen molar-refractivity contribution in [2.24, 2.45) is 0 Å². The third kappa shape index (κ3) is 3.29. The Morgan fingerprint density at radius 1 is 1.48 bits per heavy atom. The van der Waals surface area contributed by atoms with Crippen LogP contribution >= 0.6 is 0 Å². The Morgan fingerprint density at radius 3 is 2.81 bits per heavy atom. The molecule has 0 saturated carbocycles. The molecule has 0 aliphatic carbocycles. The first-order valence-corrected chi connectivity index (χ1v) is 7.24. The molecule has 2 rings (SSSR count). The van der Waals surface area contributed by atoms with Gasteiger partial charge in [0.2, 0.25) is 10.0 Å². The van der Waals surface area contributed by atoms with Gasteiger partial charge in [-0.25, -0.2) is 8.42 Å². The highest BCUT2D eigenvalue weighted by molar-refractivity contribution is 7.89. The first-order valence-electron chi connectivity index (χ1n) is 5.76. The molecule has 1 aromatic rings. The van der Waals surface area contributed by atoms with Crippen molar-refractivity contribution in [1.82, 2.24) is 4.72 Å². The van der Waals surface area contributed by atoms with Gasteiger partial charge in [0.15, 0.2) is 6.61 Å². The Labute approximate surface area is 119 Å². The fourth-order valence-corrected chi connectivity index (χ4v) is 2.86. The predicted molar refractivity (Wildman–Crippen MR) is 69.4 cm³/mol. The molecule has 0 radical (unpaired) electrons. The lowest BCUT2D eigenvalue weighted by molar-refractivity contribution is -0.139. The van der Waals surface area contributed by atoms with Gasteiger partial charge in [-0.1, -0.05) is 0 Å². The molecule has 9 nitrogen and oxygen atoms in total. The molecule has 0 fully saturated rings. The number of nitrogens with one attached hydrogen (secondary N) is 2. The maximum atomic E-state index is 12.0. The van der Waals surface area contributed by atoms with E-state index in [-0.39, 0.29) is 17.2 Å². The fraction of sp³-hybridized carbons (Fsp3) is 0.273. The van der Waals surface area contributed by atoms with Gasteiger partial charge < -0.3 is 20.3 Å². The zero-order valence-electron chi connectivity index (χ0n) is 10.6. The molecule has 21 heavy (non-hydrogen) atoms. The highest BCUT2D eigenvalue weighted by atomic mass is 32.2. The minimum absolute atomic E-state index is 0.164. The molecule has 0 spiro atoms. The second kappa shape index (κ2) is 5.68. The average molecular weight is 316 g/mol. The first kappa shape index (κ1) is 15.2. The van der Waals surface area contributed by atoms with Gasteiger partial charge in [-0.3, -0.25) is 9.59 Å². The molecule has 4 N–H and O–H groups in total. The number of anilines is 1. The van der Waals surface area contributed by atoms with Crippen molar-refractivity contribution in [3.05, 3.63) is 18.2 Å². The van der Waals surface area contributed by atoms with Crippen LogP contribution in [-0.2, 0) is 19.6 Å². The largest absolute Gasteiger partial charge is 0.482 e. The van der Waals surface area contributed by atoms with Crippen molar-refractivity contribution in [3.63, 3.8) is 0 Å². The quantitative estimate of drug-likeness (QED) is 0.531. The smallest absolute Gasteiger partial charge is 0.324 e. The highest BCUT2D eigenvalue weighted by Gasteiger charge is 2.26. The second-order valence-corrected chi connectivity index (χ2v) is 5.90. The third-order valence-corrected chi connectivity index (χ3v) is 4.14. The molecule has 10 heteroatoms. The van der Waals surface area contributed by atoms with E-state index >= 15 is 0 Å². The number of sulfonamides is 1. The average Bonchev–Trinajstić information content (AvgIpc) is 2.43. The molecular formula is C11H12N2O7S. The summed E-state index contributed by atoms with van der Waals surface area (Å²) in [6.07, 6.45) is 0. The van der Waals surface area contributed by atoms with Crippen LogP contribution in [0.25, 0.3) is 0 Å². The van der Waals surface area contributed by atoms with Gasteiger partial charge in [0.05, 0.1) is 17.2 Å². The molecular weight excluding hydrogens is 304 g/mol. The number of amides is 1. The number of aliphatic carboxylic acids is 1. The summed E-state index contributed by atoms with van der Waals surface area (Å²) in [6.45, 7) is -1.05. The predicted octanol–water partition coefficient (Wildman–Crippen LogP) is -1.26. The number of benzene rings is 1. The van der Waals surface area contributed by atoms with Crippen molar-refractivity contribution in [2.45, 2.75) is 10.9 Å². The summed E-state index contributed by atoms with van der Waals surface area (Å²) in [5.41, 5.74) is 0.171. The van der Waals surface area contributed by atoms with Gasteiger partial charge in [0.1, 0.15) is 11.8 Å². The van der Waals surface area contributed by atoms with Crippen LogP contribution in [0.2, 0.25) is 0 Å². The molecule has 1 aromatic carbocycles. The standard InChI is InChI=1S/C11H12N2O7S/c14-4-8(11(16)17)13-21(18,19)6-1-2-9-7(3-6)12-10(15)5-20-9/h1-3,8,13-14H,4-5H2,(H,12,15)(H,16,17). The van der Waals surface area contributed by atoms with Crippen LogP contribution in [0.15, 0.2) is 23.1 Å². The molecule has 1 atom stereocenters. The van der Waals surface area contributed by atoms with Crippen LogP contribution in [0, 0.1) is 0 Å². The van der Waals surface area contributed by atoms with E-state index < -0.39 is 34.5 Å². The number of carboxylic acid groups (broad SMARTS) is 1. The minimum Gasteiger partial charge on any atom is -0.482 e. The van der Waals surface area contributed by atoms with Crippen molar-refractivity contribution in [1.29, 1.82) is 0 Å². The number of hydrogen-bond donors (Lipinski definition) is 4. The number of ether oxygens (including phenoxy) is 1. The number of carbonyl (C=O) groups is 2. The van der Waals surface area contributed by atoms with Crippen molar-refractivity contribution < 1.29 is 33.0 Å². The Hall–Kier alpha value is -2.17. The second-order valence-electron chi connectivity index (χ2n) is 4.19. The molecule has 114 valence electrons. The Balaban J connectivity index is 2.30. The molecule has 1 amide bonds. The van der Waals surface area contributed by atoms with Crippen LogP contribution in [0.3, 0.4) is 0 Å². The monoisotopic (exact) mass is 316 g/mol. The topological polar surface area (TPSA) is 142 Å². The Morgan fingerprint density at radius 2 is 2.19 bits per heavy atom. The van der Waals surface area contributed by atoms with E-state index in [1.54, 1.807) is 0 Å². The summed E-state index contributed by atoms with van der Waals surface area (Å²) < 4.78 is 31.0. The van der Waals surface area contributed by atoms with E-state index in [1.165, 1.54) is 12.1 Å². The molecule has 1 unspecified atom stereocenters. The van der Waals surface area contributed by atoms with Crippen LogP contribution in [0.1, 0.15) is 0 Å². The van der Waals surface area contributed by atoms with Gasteiger partial charge in [0, 0.05) is 0 Å². The third-order valence-electron chi connectivity index (χ3n) is 2.67. The van der Waals surface area contributed by atoms with Crippen molar-refractivity contribution in [2.75, 3.05) is 18.5 Å². The molecule has 0 aromatic heterocycles. The summed E-state index contributed by atoms with van der Waals surface area (Å²) in [7, 11) is -4.17. The summed E-state index contributed by atoms with van der Waals surface area (Å²) in [4.78, 5) is 21.7. The molecule has 1 heterocycles. The fourth-order valence-electron chi connectivity index (χ4n) is 1.65. The lowest BCUT2D eigenvalue weighted by atomic mass is 10.2. The van der Waals surface area contributed by atoms with Gasteiger partial charge >= 0.3 is 5.97 Å². The molecule has 0 saturated heterocycles. The van der Waals surface area contributed by atoms with Gasteiger partial charge in [0.25, 0.3) is 5.91 Å². The van der Waals surface area contributed by atoms with Crippen LogP contribution in [0.5, 0.6) is 5.75 Å². The minimum atomic E-state index is -4.17. The molecule has 1 aliphatic rings. The normalized spacial score (nSPS) is 15.6. The summed E-state index contributed by atoms with van der Waals surface area (Å²) in [5.74, 6) is -1.62. The number of hydrogen-bond acceptors (Lipinski definition) is 6. The maximum Gasteiger partial charge on any atom is 0.324 e. The lowest BCUT2D eigenvalue weighted by Gasteiger charge is -2.19. The van der Waals surface area contributed by atoms with Crippen LogP contribution in [-0.4, -0.2) is 49.8 Å². The Bertz CT molecular complexity index is 686. The van der Waals surface area contributed by atoms with Gasteiger partial charge in [-0.2, -0.15) is 4.72 Å². The first-order chi connectivity index (χ1) is 9.83. The zero-order valence-corrected chi connectivity index (χ0v) is 11.4. The Kier molecular flexibility index (Phi) is 4.11. The van der Waals surface area contributed by atoms with Crippen molar-refractivity contribution in [3.8, 4) is 5.75 Å². The number of aliphatic hydroxyl groups is 1. The number of carbonyl (C=O) groups excluding carboxylic acids is 1. The van der Waals surface area contributed by atoms with E-state index in [0.29, 0.717) is 5.75 Å². The molecule has 0 bridgehead atoms. The van der Waals surface area contributed by atoms with Gasteiger partial charge in [-0.15, -0.1) is 0 Å². The van der Waals surface area contributed by atoms with Crippen molar-refractivity contribution >= 4 is 27.6 Å².